The molecule has 0 saturated heterocycles. The third kappa shape index (κ3) is 4.06. The van der Waals surface area contributed by atoms with Gasteiger partial charge in [0.2, 0.25) is 5.76 Å². The zero-order valence-electron chi connectivity index (χ0n) is 12.6. The van der Waals surface area contributed by atoms with Crippen molar-refractivity contribution in [2.24, 2.45) is 0 Å². The number of benzene rings is 1. The van der Waals surface area contributed by atoms with Crippen molar-refractivity contribution < 1.29 is 28.9 Å². The summed E-state index contributed by atoms with van der Waals surface area (Å²) >= 11 is 1.86. The predicted molar refractivity (Wildman–Crippen MR) is 89.4 cm³/mol. The smallest absolute Gasteiger partial charge is 0.408 e. The molecule has 1 atom stereocenters. The summed E-state index contributed by atoms with van der Waals surface area (Å²) in [5.74, 6) is -0.593. The van der Waals surface area contributed by atoms with Crippen LogP contribution < -0.4 is 10.1 Å². The lowest BCUT2D eigenvalue weighted by Gasteiger charge is -2.23. The van der Waals surface area contributed by atoms with Gasteiger partial charge in [-0.15, -0.1) is 0 Å². The molecule has 2 N–H and O–H groups in total. The number of nitrogens with one attached hydrogen (secondary N) is 1. The summed E-state index contributed by atoms with van der Waals surface area (Å²) in [6.45, 7) is 1.82. The molecule has 0 aromatic heterocycles. The monoisotopic (exact) mass is 433 g/mol. The first-order valence-electron chi connectivity index (χ1n) is 6.70. The predicted octanol–water partition coefficient (Wildman–Crippen LogP) is 2.44. The molecule has 1 heterocycles. The number of hydrogen-bond donors (Lipinski definition) is 2. The van der Waals surface area contributed by atoms with Crippen molar-refractivity contribution in [3.05, 3.63) is 39.2 Å². The number of aliphatic carboxylic acids is 1. The molecule has 8 heteroatoms. The van der Waals surface area contributed by atoms with Gasteiger partial charge in [0.1, 0.15) is 24.5 Å². The molecule has 1 unspecified atom stereocenters. The van der Waals surface area contributed by atoms with Gasteiger partial charge in [0.05, 0.1) is 10.7 Å². The number of ether oxygens (including phenoxy) is 3. The number of halogens is 1. The lowest BCUT2D eigenvalue weighted by molar-refractivity contribution is -0.136. The Bertz CT molecular complexity index is 642. The summed E-state index contributed by atoms with van der Waals surface area (Å²) in [7, 11) is 1.57. The van der Waals surface area contributed by atoms with Crippen molar-refractivity contribution in [3.63, 3.8) is 0 Å². The van der Waals surface area contributed by atoms with Gasteiger partial charge in [-0.05, 0) is 47.2 Å². The maximum atomic E-state index is 11.9. The Balaban J connectivity index is 1.93. The van der Waals surface area contributed by atoms with Crippen molar-refractivity contribution in [1.82, 2.24) is 5.32 Å². The molecule has 0 fully saturated rings. The first-order chi connectivity index (χ1) is 10.9. The molecule has 1 aliphatic heterocycles. The van der Waals surface area contributed by atoms with Gasteiger partial charge in [-0.3, -0.25) is 0 Å². The number of hydrogen-bond acceptors (Lipinski definition) is 5. The van der Waals surface area contributed by atoms with Crippen molar-refractivity contribution in [2.75, 3.05) is 13.7 Å². The van der Waals surface area contributed by atoms with E-state index in [-0.39, 0.29) is 19.0 Å². The SMILES string of the molecule is COc1ccc(COC(=O)NC2(C)COC(C(=O)O)=C2I)cc1. The molecular weight excluding hydrogens is 417 g/mol. The summed E-state index contributed by atoms with van der Waals surface area (Å²) in [6, 6.07) is 7.12. The summed E-state index contributed by atoms with van der Waals surface area (Å²) in [5.41, 5.74) is -0.101. The Labute approximate surface area is 146 Å². The highest BCUT2D eigenvalue weighted by Crippen LogP contribution is 2.34. The van der Waals surface area contributed by atoms with E-state index in [1.807, 2.05) is 22.6 Å². The second kappa shape index (κ2) is 7.07. The molecule has 124 valence electrons. The summed E-state index contributed by atoms with van der Waals surface area (Å²) in [5, 5.41) is 11.6. The summed E-state index contributed by atoms with van der Waals surface area (Å²) < 4.78 is 15.7. The van der Waals surface area contributed by atoms with Gasteiger partial charge in [0.15, 0.2) is 0 Å². The van der Waals surface area contributed by atoms with Crippen molar-refractivity contribution in [3.8, 4) is 5.75 Å². The van der Waals surface area contributed by atoms with Gasteiger partial charge < -0.3 is 24.6 Å². The average Bonchev–Trinajstić information content (AvgIpc) is 2.81. The van der Waals surface area contributed by atoms with E-state index in [0.29, 0.717) is 3.58 Å². The molecular formula is C15H16INO6. The van der Waals surface area contributed by atoms with Gasteiger partial charge in [-0.25, -0.2) is 9.59 Å². The van der Waals surface area contributed by atoms with Gasteiger partial charge in [0, 0.05) is 0 Å². The van der Waals surface area contributed by atoms with E-state index in [1.54, 1.807) is 38.3 Å². The average molecular weight is 433 g/mol. The fourth-order valence-corrected chi connectivity index (χ4v) is 2.65. The fourth-order valence-electron chi connectivity index (χ4n) is 1.97. The third-order valence-electron chi connectivity index (χ3n) is 3.29. The molecule has 23 heavy (non-hydrogen) atoms. The van der Waals surface area contributed by atoms with Crippen molar-refractivity contribution >= 4 is 34.7 Å². The maximum absolute atomic E-state index is 11.9. The van der Waals surface area contributed by atoms with Crippen LogP contribution in [0.15, 0.2) is 33.6 Å². The standard InChI is InChI=1S/C15H16INO6/c1-15(8-23-11(12(15)16)13(18)19)17-14(20)22-7-9-3-5-10(21-2)6-4-9/h3-6H,7-8H2,1-2H3,(H,17,20)(H,18,19). The highest BCUT2D eigenvalue weighted by molar-refractivity contribution is 14.1. The lowest BCUT2D eigenvalue weighted by atomic mass is 10.1. The van der Waals surface area contributed by atoms with Crippen LogP contribution in [-0.4, -0.2) is 36.4 Å². The lowest BCUT2D eigenvalue weighted by Crippen LogP contribution is -2.47. The normalized spacial score (nSPS) is 20.0. The Morgan fingerprint density at radius 1 is 1.39 bits per heavy atom. The number of carbonyl (C=O) groups excluding carboxylic acids is 1. The molecule has 0 aliphatic carbocycles. The molecule has 2 rings (SSSR count). The van der Waals surface area contributed by atoms with Crippen LogP contribution in [0.5, 0.6) is 5.75 Å². The van der Waals surface area contributed by atoms with E-state index in [4.69, 9.17) is 19.3 Å². The highest BCUT2D eigenvalue weighted by Gasteiger charge is 2.41. The number of alkyl carbamates (subject to hydrolysis) is 1. The van der Waals surface area contributed by atoms with E-state index < -0.39 is 17.6 Å². The highest BCUT2D eigenvalue weighted by atomic mass is 127. The number of amides is 1. The number of methoxy groups -OCH3 is 1. The second-order valence-electron chi connectivity index (χ2n) is 5.12. The van der Waals surface area contributed by atoms with Crippen LogP contribution in [0.4, 0.5) is 4.79 Å². The number of carbonyl (C=O) groups is 2. The van der Waals surface area contributed by atoms with Crippen LogP contribution in [0, 0.1) is 0 Å². The second-order valence-corrected chi connectivity index (χ2v) is 6.20. The van der Waals surface area contributed by atoms with E-state index in [1.165, 1.54) is 0 Å². The van der Waals surface area contributed by atoms with Gasteiger partial charge in [0.25, 0.3) is 0 Å². The molecule has 0 spiro atoms. The van der Waals surface area contributed by atoms with Crippen LogP contribution in [0.3, 0.4) is 0 Å². The topological polar surface area (TPSA) is 94.1 Å². The zero-order valence-corrected chi connectivity index (χ0v) is 14.7. The zero-order chi connectivity index (χ0) is 17.0. The number of carboxylic acids is 1. The molecule has 7 nitrogen and oxygen atoms in total. The fraction of sp³-hybridized carbons (Fsp3) is 0.333. The Morgan fingerprint density at radius 2 is 2.04 bits per heavy atom. The van der Waals surface area contributed by atoms with Crippen LogP contribution in [-0.2, 0) is 20.9 Å². The molecule has 1 aliphatic rings. The molecule has 1 aromatic carbocycles. The molecule has 0 saturated carbocycles. The van der Waals surface area contributed by atoms with E-state index in [2.05, 4.69) is 5.32 Å². The van der Waals surface area contributed by atoms with Crippen LogP contribution in [0.1, 0.15) is 12.5 Å². The van der Waals surface area contributed by atoms with E-state index in [9.17, 15) is 9.59 Å². The molecule has 1 amide bonds. The van der Waals surface area contributed by atoms with Gasteiger partial charge >= 0.3 is 12.1 Å². The van der Waals surface area contributed by atoms with Crippen molar-refractivity contribution in [2.45, 2.75) is 19.1 Å². The Kier molecular flexibility index (Phi) is 5.34. The van der Waals surface area contributed by atoms with Gasteiger partial charge in [-0.2, -0.15) is 0 Å². The molecule has 0 radical (unpaired) electrons. The molecule has 1 aromatic rings. The minimum atomic E-state index is -1.16. The van der Waals surface area contributed by atoms with Crippen LogP contribution in [0.2, 0.25) is 0 Å². The number of carboxylic acid groups (broad SMARTS) is 1. The van der Waals surface area contributed by atoms with Crippen molar-refractivity contribution in [1.29, 1.82) is 0 Å². The van der Waals surface area contributed by atoms with Gasteiger partial charge in [-0.1, -0.05) is 12.1 Å². The number of rotatable bonds is 5. The van der Waals surface area contributed by atoms with Crippen LogP contribution in [0.25, 0.3) is 0 Å². The van der Waals surface area contributed by atoms with E-state index >= 15 is 0 Å². The Morgan fingerprint density at radius 3 is 2.57 bits per heavy atom. The minimum absolute atomic E-state index is 0.0462. The minimum Gasteiger partial charge on any atom is -0.497 e. The Hall–Kier alpha value is -1.97. The molecule has 0 bridgehead atoms. The largest absolute Gasteiger partial charge is 0.497 e. The van der Waals surface area contributed by atoms with E-state index in [0.717, 1.165) is 11.3 Å². The van der Waals surface area contributed by atoms with Crippen LogP contribution >= 0.6 is 22.6 Å². The summed E-state index contributed by atoms with van der Waals surface area (Å²) in [6.07, 6.45) is -0.646. The quantitative estimate of drug-likeness (QED) is 0.694. The first-order valence-corrected chi connectivity index (χ1v) is 7.78. The third-order valence-corrected chi connectivity index (χ3v) is 4.97. The summed E-state index contributed by atoms with van der Waals surface area (Å²) in [4.78, 5) is 22.9. The first kappa shape index (κ1) is 17.4. The maximum Gasteiger partial charge on any atom is 0.408 e.